The monoisotopic (exact) mass is 431 g/mol. The molecule has 0 unspecified atom stereocenters. The summed E-state index contributed by atoms with van der Waals surface area (Å²) in [5, 5.41) is 12.1. The number of benzene rings is 1. The topological polar surface area (TPSA) is 84.7 Å². The van der Waals surface area contributed by atoms with Gasteiger partial charge in [0.25, 0.3) is 5.56 Å². The minimum atomic E-state index is -1.80. The van der Waals surface area contributed by atoms with E-state index in [4.69, 9.17) is 9.72 Å². The summed E-state index contributed by atoms with van der Waals surface area (Å²) >= 11 is 0. The maximum absolute atomic E-state index is 13.3. The molecule has 7 heteroatoms. The Balaban J connectivity index is 1.54. The highest BCUT2D eigenvalue weighted by Gasteiger charge is 2.45. The first kappa shape index (κ1) is 19.5. The van der Waals surface area contributed by atoms with Gasteiger partial charge in [-0.25, -0.2) is 9.78 Å². The molecule has 1 aromatic carbocycles. The molecule has 5 heterocycles. The highest BCUT2D eigenvalue weighted by atomic mass is 16.6. The Bertz CT molecular complexity index is 1340. The molecule has 3 aliphatic heterocycles. The second-order valence-electron chi connectivity index (χ2n) is 8.99. The van der Waals surface area contributed by atoms with Gasteiger partial charge in [0, 0.05) is 35.3 Å². The normalized spacial score (nSPS) is 21.8. The van der Waals surface area contributed by atoms with Gasteiger partial charge in [-0.15, -0.1) is 0 Å². The summed E-state index contributed by atoms with van der Waals surface area (Å²) in [6.07, 6.45) is 3.80. The van der Waals surface area contributed by atoms with Gasteiger partial charge in [0.15, 0.2) is 5.60 Å². The number of anilines is 1. The average molecular weight is 431 g/mol. The second kappa shape index (κ2) is 6.90. The Kier molecular flexibility index (Phi) is 4.21. The molecule has 164 valence electrons. The number of aliphatic hydroxyl groups is 1. The average Bonchev–Trinajstić information content (AvgIpc) is 3.18. The van der Waals surface area contributed by atoms with Crippen molar-refractivity contribution in [3.8, 4) is 11.4 Å². The number of nitrogens with zero attached hydrogens (tertiary/aromatic N) is 3. The maximum Gasteiger partial charge on any atom is 0.343 e. The predicted octanol–water partition coefficient (Wildman–Crippen LogP) is 3.07. The van der Waals surface area contributed by atoms with Crippen LogP contribution in [0.4, 0.5) is 5.69 Å². The zero-order valence-electron chi connectivity index (χ0n) is 18.1. The Hall–Kier alpha value is -3.19. The van der Waals surface area contributed by atoms with Crippen molar-refractivity contribution in [2.45, 2.75) is 51.4 Å². The minimum Gasteiger partial charge on any atom is -0.458 e. The van der Waals surface area contributed by atoms with E-state index in [0.717, 1.165) is 35.2 Å². The highest BCUT2D eigenvalue weighted by molar-refractivity contribution is 5.94. The van der Waals surface area contributed by atoms with Crippen LogP contribution in [0.15, 0.2) is 35.1 Å². The third-order valence-corrected chi connectivity index (χ3v) is 7.23. The number of aromatic nitrogens is 2. The van der Waals surface area contributed by atoms with Crippen molar-refractivity contribution in [1.29, 1.82) is 0 Å². The van der Waals surface area contributed by atoms with Crippen LogP contribution in [-0.2, 0) is 28.3 Å². The Morgan fingerprint density at radius 1 is 1.16 bits per heavy atom. The molecule has 0 spiro atoms. The molecule has 3 aliphatic rings. The van der Waals surface area contributed by atoms with Gasteiger partial charge in [-0.1, -0.05) is 13.0 Å². The van der Waals surface area contributed by atoms with Crippen LogP contribution in [0.1, 0.15) is 49.3 Å². The lowest BCUT2D eigenvalue weighted by atomic mass is 9.86. The summed E-state index contributed by atoms with van der Waals surface area (Å²) in [7, 11) is 0. The Morgan fingerprint density at radius 2 is 1.97 bits per heavy atom. The molecule has 32 heavy (non-hydrogen) atoms. The van der Waals surface area contributed by atoms with Crippen molar-refractivity contribution >= 4 is 22.6 Å². The van der Waals surface area contributed by atoms with Crippen molar-refractivity contribution in [1.82, 2.24) is 9.55 Å². The third-order valence-electron chi connectivity index (χ3n) is 7.23. The zero-order chi connectivity index (χ0) is 22.0. The summed E-state index contributed by atoms with van der Waals surface area (Å²) in [5.41, 5.74) is 3.12. The van der Waals surface area contributed by atoms with E-state index >= 15 is 0 Å². The van der Waals surface area contributed by atoms with Gasteiger partial charge in [0.2, 0.25) is 0 Å². The largest absolute Gasteiger partial charge is 0.458 e. The third kappa shape index (κ3) is 2.60. The van der Waals surface area contributed by atoms with Gasteiger partial charge >= 0.3 is 5.97 Å². The van der Waals surface area contributed by atoms with Gasteiger partial charge in [-0.05, 0) is 49.9 Å². The Labute approximate surface area is 185 Å². The van der Waals surface area contributed by atoms with Crippen molar-refractivity contribution in [3.05, 3.63) is 57.4 Å². The molecule has 2 aromatic heterocycles. The molecule has 1 fully saturated rings. The highest BCUT2D eigenvalue weighted by Crippen LogP contribution is 2.39. The fourth-order valence-corrected chi connectivity index (χ4v) is 5.40. The number of ether oxygens (including phenoxy) is 1. The van der Waals surface area contributed by atoms with E-state index in [1.165, 1.54) is 24.9 Å². The first-order valence-corrected chi connectivity index (χ1v) is 11.4. The van der Waals surface area contributed by atoms with Crippen LogP contribution >= 0.6 is 0 Å². The first-order valence-electron chi connectivity index (χ1n) is 11.4. The SMILES string of the molecule is CC[C@@]1(O)C(=O)OCc2c1cc1n(c2=O)Cc2cc3c(N4CCCCC4)cccc3nc2-1. The summed E-state index contributed by atoms with van der Waals surface area (Å²) in [6, 6.07) is 10.1. The molecule has 0 bridgehead atoms. The smallest absolute Gasteiger partial charge is 0.343 e. The number of piperidine rings is 1. The minimum absolute atomic E-state index is 0.111. The molecule has 6 rings (SSSR count). The number of fused-ring (bicyclic) bond motifs is 5. The molecule has 7 nitrogen and oxygen atoms in total. The molecule has 0 saturated carbocycles. The van der Waals surface area contributed by atoms with Crippen LogP contribution < -0.4 is 10.5 Å². The number of hydrogen-bond acceptors (Lipinski definition) is 6. The number of pyridine rings is 2. The van der Waals surface area contributed by atoms with Crippen LogP contribution in [0, 0.1) is 0 Å². The summed E-state index contributed by atoms with van der Waals surface area (Å²) < 4.78 is 6.84. The van der Waals surface area contributed by atoms with E-state index in [0.29, 0.717) is 23.4 Å². The van der Waals surface area contributed by atoms with Crippen LogP contribution in [-0.4, -0.2) is 33.7 Å². The van der Waals surface area contributed by atoms with Crippen molar-refractivity contribution < 1.29 is 14.6 Å². The quantitative estimate of drug-likeness (QED) is 0.491. The molecular weight excluding hydrogens is 406 g/mol. The zero-order valence-corrected chi connectivity index (χ0v) is 18.1. The van der Waals surface area contributed by atoms with Gasteiger partial charge in [-0.2, -0.15) is 0 Å². The van der Waals surface area contributed by atoms with Crippen molar-refractivity contribution in [3.63, 3.8) is 0 Å². The second-order valence-corrected chi connectivity index (χ2v) is 8.99. The van der Waals surface area contributed by atoms with E-state index in [9.17, 15) is 14.7 Å². The lowest BCUT2D eigenvalue weighted by molar-refractivity contribution is -0.172. The number of esters is 1. The van der Waals surface area contributed by atoms with E-state index in [2.05, 4.69) is 17.0 Å². The van der Waals surface area contributed by atoms with E-state index in [-0.39, 0.29) is 18.6 Å². The standard InChI is InChI=1S/C25H25N3O4/c1-2-25(31)18-12-21-22-15(13-28(21)23(29)17(18)14-32-24(25)30)11-16-19(26-22)7-6-8-20(16)27-9-4-3-5-10-27/h6-8,11-12,31H,2-5,9-10,13-14H2,1H3/t25-/m0/s1. The van der Waals surface area contributed by atoms with E-state index in [1.54, 1.807) is 17.6 Å². The molecule has 1 saturated heterocycles. The molecule has 0 aliphatic carbocycles. The summed E-state index contributed by atoms with van der Waals surface area (Å²) in [4.78, 5) is 33.0. The number of rotatable bonds is 2. The number of carbonyl (C=O) groups excluding carboxylic acids is 1. The Morgan fingerprint density at radius 3 is 2.75 bits per heavy atom. The molecule has 3 aromatic rings. The van der Waals surface area contributed by atoms with Gasteiger partial charge in [-0.3, -0.25) is 4.79 Å². The van der Waals surface area contributed by atoms with Crippen molar-refractivity contribution in [2.75, 3.05) is 18.0 Å². The van der Waals surface area contributed by atoms with Crippen molar-refractivity contribution in [2.24, 2.45) is 0 Å². The van der Waals surface area contributed by atoms with Crippen LogP contribution in [0.3, 0.4) is 0 Å². The predicted molar refractivity (Wildman–Crippen MR) is 121 cm³/mol. The fourth-order valence-electron chi connectivity index (χ4n) is 5.40. The lowest BCUT2D eigenvalue weighted by Gasteiger charge is -2.31. The van der Waals surface area contributed by atoms with Gasteiger partial charge in [0.05, 0.1) is 29.0 Å². The summed E-state index contributed by atoms with van der Waals surface area (Å²) in [6.45, 7) is 4.12. The van der Waals surface area contributed by atoms with Gasteiger partial charge < -0.3 is 19.3 Å². The molecular formula is C25H25N3O4. The van der Waals surface area contributed by atoms with Crippen LogP contribution in [0.5, 0.6) is 0 Å². The van der Waals surface area contributed by atoms with E-state index in [1.807, 2.05) is 12.1 Å². The van der Waals surface area contributed by atoms with Crippen LogP contribution in [0.25, 0.3) is 22.3 Å². The molecule has 0 amide bonds. The number of carbonyl (C=O) groups is 1. The number of hydrogen-bond donors (Lipinski definition) is 1. The van der Waals surface area contributed by atoms with E-state index < -0.39 is 11.6 Å². The molecule has 1 N–H and O–H groups in total. The fraction of sp³-hybridized carbons (Fsp3) is 0.400. The van der Waals surface area contributed by atoms with Gasteiger partial charge in [0.1, 0.15) is 6.61 Å². The summed E-state index contributed by atoms with van der Waals surface area (Å²) in [5.74, 6) is -0.701. The van der Waals surface area contributed by atoms with Crippen LogP contribution in [0.2, 0.25) is 0 Å². The molecule has 0 radical (unpaired) electrons. The first-order chi connectivity index (χ1) is 15.5. The molecule has 1 atom stereocenters. The number of cyclic esters (lactones) is 1. The maximum atomic E-state index is 13.3. The lowest BCUT2D eigenvalue weighted by Crippen LogP contribution is -2.44.